The molecule has 0 unspecified atom stereocenters. The molecular weight excluding hydrogens is 310 g/mol. The maximum atomic E-state index is 12.1. The molecule has 6 heteroatoms. The van der Waals surface area contributed by atoms with Crippen LogP contribution in [0.5, 0.6) is 5.75 Å². The first-order valence-corrected chi connectivity index (χ1v) is 8.47. The molecular formula is C15H16ClNO3S. The number of sulfone groups is 1. The van der Waals surface area contributed by atoms with Crippen molar-refractivity contribution in [2.45, 2.75) is 11.3 Å². The van der Waals surface area contributed by atoms with Crippen LogP contribution in [-0.2, 0) is 9.84 Å². The normalized spacial score (nSPS) is 11.3. The van der Waals surface area contributed by atoms with Crippen molar-refractivity contribution in [2.24, 2.45) is 0 Å². The topological polar surface area (TPSA) is 69.4 Å². The van der Waals surface area contributed by atoms with E-state index in [4.69, 9.17) is 22.1 Å². The summed E-state index contributed by atoms with van der Waals surface area (Å²) in [6.45, 7) is 0.316. The third-order valence-electron chi connectivity index (χ3n) is 2.86. The second kappa shape index (κ2) is 6.83. The van der Waals surface area contributed by atoms with Gasteiger partial charge in [0.2, 0.25) is 0 Å². The second-order valence-corrected chi connectivity index (χ2v) is 7.09. The van der Waals surface area contributed by atoms with E-state index in [1.54, 1.807) is 36.4 Å². The molecule has 0 aliphatic carbocycles. The van der Waals surface area contributed by atoms with Crippen molar-refractivity contribution in [3.63, 3.8) is 0 Å². The Morgan fingerprint density at radius 2 is 1.81 bits per heavy atom. The van der Waals surface area contributed by atoms with Gasteiger partial charge in [-0.25, -0.2) is 8.42 Å². The van der Waals surface area contributed by atoms with Gasteiger partial charge >= 0.3 is 0 Å². The minimum Gasteiger partial charge on any atom is -0.493 e. The highest BCUT2D eigenvalue weighted by Gasteiger charge is 2.13. The van der Waals surface area contributed by atoms with Crippen molar-refractivity contribution in [2.75, 3.05) is 18.1 Å². The first-order valence-electron chi connectivity index (χ1n) is 6.44. The van der Waals surface area contributed by atoms with Crippen LogP contribution in [0.3, 0.4) is 0 Å². The maximum absolute atomic E-state index is 12.1. The van der Waals surface area contributed by atoms with Crippen molar-refractivity contribution in [1.29, 1.82) is 0 Å². The molecule has 0 spiro atoms. The molecule has 0 saturated heterocycles. The number of nitrogens with two attached hydrogens (primary N) is 1. The average molecular weight is 326 g/mol. The third-order valence-corrected chi connectivity index (χ3v) is 4.93. The van der Waals surface area contributed by atoms with E-state index in [0.717, 1.165) is 0 Å². The van der Waals surface area contributed by atoms with Gasteiger partial charge in [-0.1, -0.05) is 17.7 Å². The lowest BCUT2D eigenvalue weighted by atomic mass is 10.3. The van der Waals surface area contributed by atoms with E-state index in [1.165, 1.54) is 12.1 Å². The molecule has 0 heterocycles. The Morgan fingerprint density at radius 3 is 2.48 bits per heavy atom. The van der Waals surface area contributed by atoms with Crippen molar-refractivity contribution in [1.82, 2.24) is 0 Å². The molecule has 0 atom stereocenters. The summed E-state index contributed by atoms with van der Waals surface area (Å²) in [7, 11) is -3.30. The molecule has 0 fully saturated rings. The van der Waals surface area contributed by atoms with Crippen LogP contribution >= 0.6 is 11.6 Å². The van der Waals surface area contributed by atoms with Gasteiger partial charge < -0.3 is 10.5 Å². The summed E-state index contributed by atoms with van der Waals surface area (Å²) in [5, 5.41) is 0.513. The van der Waals surface area contributed by atoms with Gasteiger partial charge in [-0.15, -0.1) is 0 Å². The number of halogens is 1. The highest BCUT2D eigenvalue weighted by molar-refractivity contribution is 7.91. The monoisotopic (exact) mass is 325 g/mol. The number of hydrogen-bond donors (Lipinski definition) is 1. The molecule has 0 aliphatic heterocycles. The van der Waals surface area contributed by atoms with Crippen LogP contribution in [0.2, 0.25) is 5.02 Å². The highest BCUT2D eigenvalue weighted by Crippen LogP contribution is 2.17. The average Bonchev–Trinajstić information content (AvgIpc) is 2.44. The molecule has 0 aliphatic rings. The first-order chi connectivity index (χ1) is 9.97. The number of anilines is 1. The summed E-state index contributed by atoms with van der Waals surface area (Å²) in [6, 6.07) is 13.2. The van der Waals surface area contributed by atoms with Crippen molar-refractivity contribution in [3.8, 4) is 5.75 Å². The third kappa shape index (κ3) is 4.65. The van der Waals surface area contributed by atoms with Gasteiger partial charge in [-0.05, 0) is 42.8 Å². The fraction of sp³-hybridized carbons (Fsp3) is 0.200. The zero-order chi connectivity index (χ0) is 15.3. The van der Waals surface area contributed by atoms with Crippen LogP contribution in [0.1, 0.15) is 6.42 Å². The van der Waals surface area contributed by atoms with Gasteiger partial charge in [0.15, 0.2) is 9.84 Å². The Morgan fingerprint density at radius 1 is 1.10 bits per heavy atom. The van der Waals surface area contributed by atoms with Crippen molar-refractivity contribution >= 4 is 27.1 Å². The van der Waals surface area contributed by atoms with Crippen LogP contribution in [0.4, 0.5) is 5.69 Å². The van der Waals surface area contributed by atoms with Gasteiger partial charge in [-0.2, -0.15) is 0 Å². The molecule has 4 nitrogen and oxygen atoms in total. The predicted octanol–water partition coefficient (Wildman–Crippen LogP) is 3.17. The molecule has 0 aromatic heterocycles. The summed E-state index contributed by atoms with van der Waals surface area (Å²) in [5.74, 6) is 0.663. The first kappa shape index (κ1) is 15.7. The number of ether oxygens (including phenoxy) is 1. The molecule has 21 heavy (non-hydrogen) atoms. The van der Waals surface area contributed by atoms with Gasteiger partial charge in [0.25, 0.3) is 0 Å². The summed E-state index contributed by atoms with van der Waals surface area (Å²) in [4.78, 5) is 0.274. The number of hydrogen-bond acceptors (Lipinski definition) is 4. The van der Waals surface area contributed by atoms with Gasteiger partial charge in [0, 0.05) is 16.8 Å². The number of rotatable bonds is 6. The van der Waals surface area contributed by atoms with Gasteiger partial charge in [0.1, 0.15) is 5.75 Å². The van der Waals surface area contributed by atoms with E-state index in [-0.39, 0.29) is 10.6 Å². The molecule has 2 rings (SSSR count). The standard InChI is InChI=1S/C15H16ClNO3S/c16-12-5-7-15(8-6-12)21(18,19)10-2-9-20-14-4-1-3-13(17)11-14/h1,3-8,11H,2,9-10,17H2. The molecule has 0 amide bonds. The van der Waals surface area contributed by atoms with Crippen LogP contribution in [0.25, 0.3) is 0 Å². The van der Waals surface area contributed by atoms with Crippen molar-refractivity contribution < 1.29 is 13.2 Å². The molecule has 2 N–H and O–H groups in total. The summed E-state index contributed by atoms with van der Waals surface area (Å²) < 4.78 is 29.7. The maximum Gasteiger partial charge on any atom is 0.178 e. The van der Waals surface area contributed by atoms with Crippen LogP contribution in [0, 0.1) is 0 Å². The predicted molar refractivity (Wildman–Crippen MR) is 84.5 cm³/mol. The summed E-state index contributed by atoms with van der Waals surface area (Å²) in [6.07, 6.45) is 0.403. The zero-order valence-corrected chi connectivity index (χ0v) is 12.9. The van der Waals surface area contributed by atoms with Crippen LogP contribution < -0.4 is 10.5 Å². The largest absolute Gasteiger partial charge is 0.493 e. The minimum atomic E-state index is -3.30. The lowest BCUT2D eigenvalue weighted by Gasteiger charge is -2.07. The quantitative estimate of drug-likeness (QED) is 0.654. The molecule has 0 bridgehead atoms. The molecule has 0 saturated carbocycles. The zero-order valence-electron chi connectivity index (χ0n) is 11.3. The van der Waals surface area contributed by atoms with Crippen molar-refractivity contribution in [3.05, 3.63) is 53.6 Å². The Hall–Kier alpha value is -1.72. The molecule has 2 aromatic rings. The van der Waals surface area contributed by atoms with Crippen LogP contribution in [-0.4, -0.2) is 20.8 Å². The van der Waals surface area contributed by atoms with Crippen LogP contribution in [0.15, 0.2) is 53.4 Å². The highest BCUT2D eigenvalue weighted by atomic mass is 35.5. The SMILES string of the molecule is Nc1cccc(OCCCS(=O)(=O)c2ccc(Cl)cc2)c1. The van der Waals surface area contributed by atoms with Gasteiger partial charge in [0.05, 0.1) is 17.3 Å². The Kier molecular flexibility index (Phi) is 5.09. The number of nitrogen functional groups attached to an aromatic ring is 1. The molecule has 112 valence electrons. The second-order valence-electron chi connectivity index (χ2n) is 4.55. The molecule has 2 aromatic carbocycles. The molecule has 0 radical (unpaired) electrons. The lowest BCUT2D eigenvalue weighted by Crippen LogP contribution is -2.10. The summed E-state index contributed by atoms with van der Waals surface area (Å²) in [5.41, 5.74) is 6.25. The Labute approximate surface area is 129 Å². The Balaban J connectivity index is 1.86. The fourth-order valence-electron chi connectivity index (χ4n) is 1.80. The van der Waals surface area contributed by atoms with E-state index >= 15 is 0 Å². The van der Waals surface area contributed by atoms with E-state index < -0.39 is 9.84 Å². The van der Waals surface area contributed by atoms with E-state index in [2.05, 4.69) is 0 Å². The Bertz CT molecular complexity index is 699. The van der Waals surface area contributed by atoms with E-state index in [9.17, 15) is 8.42 Å². The minimum absolute atomic E-state index is 0.0248. The fourth-order valence-corrected chi connectivity index (χ4v) is 3.21. The lowest BCUT2D eigenvalue weighted by molar-refractivity contribution is 0.318. The number of benzene rings is 2. The van der Waals surface area contributed by atoms with E-state index in [0.29, 0.717) is 29.5 Å². The summed E-state index contributed by atoms with van der Waals surface area (Å²) >= 11 is 5.74. The van der Waals surface area contributed by atoms with Gasteiger partial charge in [-0.3, -0.25) is 0 Å². The smallest absolute Gasteiger partial charge is 0.178 e. The van der Waals surface area contributed by atoms with E-state index in [1.807, 2.05) is 0 Å².